The third kappa shape index (κ3) is 2.62. The highest BCUT2D eigenvalue weighted by Gasteiger charge is 2.15. The van der Waals surface area contributed by atoms with Crippen LogP contribution >= 0.6 is 11.3 Å². The molecule has 2 heterocycles. The van der Waals surface area contributed by atoms with Crippen molar-refractivity contribution in [3.63, 3.8) is 0 Å². The van der Waals surface area contributed by atoms with Crippen LogP contribution in [-0.2, 0) is 0 Å². The Morgan fingerprint density at radius 3 is 2.88 bits per heavy atom. The van der Waals surface area contributed by atoms with E-state index in [4.69, 9.17) is 5.73 Å². The fourth-order valence-electron chi connectivity index (χ4n) is 1.40. The van der Waals surface area contributed by atoms with E-state index in [1.54, 1.807) is 11.3 Å². The molecule has 0 aromatic carbocycles. The van der Waals surface area contributed by atoms with Crippen molar-refractivity contribution in [2.75, 3.05) is 5.73 Å². The summed E-state index contributed by atoms with van der Waals surface area (Å²) < 4.78 is 0. The van der Waals surface area contributed by atoms with Crippen LogP contribution in [0.25, 0.3) is 0 Å². The maximum atomic E-state index is 11.8. The van der Waals surface area contributed by atoms with Crippen LogP contribution in [0.1, 0.15) is 33.3 Å². The van der Waals surface area contributed by atoms with Crippen LogP contribution in [-0.4, -0.2) is 21.1 Å². The lowest BCUT2D eigenvalue weighted by Gasteiger charge is -2.10. The first-order chi connectivity index (χ1) is 8.06. The maximum absolute atomic E-state index is 11.8. The van der Waals surface area contributed by atoms with Gasteiger partial charge in [0.05, 0.1) is 6.04 Å². The molecule has 0 bridgehead atoms. The zero-order chi connectivity index (χ0) is 12.4. The zero-order valence-corrected chi connectivity index (χ0v) is 10.3. The van der Waals surface area contributed by atoms with Crippen molar-refractivity contribution in [3.8, 4) is 0 Å². The van der Waals surface area contributed by atoms with E-state index in [-0.39, 0.29) is 23.7 Å². The summed E-state index contributed by atoms with van der Waals surface area (Å²) in [6, 6.07) is 3.96. The van der Waals surface area contributed by atoms with Gasteiger partial charge in [-0.2, -0.15) is 4.98 Å². The Morgan fingerprint density at radius 2 is 2.35 bits per heavy atom. The number of amides is 1. The molecule has 2 aromatic heterocycles. The number of H-pyrrole nitrogens is 1. The molecule has 0 fully saturated rings. The molecule has 0 spiro atoms. The van der Waals surface area contributed by atoms with E-state index >= 15 is 0 Å². The number of nitrogens with two attached hydrogens (primary N) is 1. The topological polar surface area (TPSA) is 96.7 Å². The van der Waals surface area contributed by atoms with Crippen LogP contribution in [0, 0.1) is 6.92 Å². The van der Waals surface area contributed by atoms with Gasteiger partial charge < -0.3 is 11.1 Å². The number of anilines is 1. The summed E-state index contributed by atoms with van der Waals surface area (Å²) in [5.41, 5.74) is 5.33. The van der Waals surface area contributed by atoms with Crippen LogP contribution in [0.15, 0.2) is 12.1 Å². The van der Waals surface area contributed by atoms with E-state index in [2.05, 4.69) is 20.5 Å². The number of thiophene rings is 1. The number of hydrogen-bond donors (Lipinski definition) is 3. The molecule has 1 atom stereocenters. The zero-order valence-electron chi connectivity index (χ0n) is 9.52. The Bertz CT molecular complexity index is 532. The van der Waals surface area contributed by atoms with Crippen molar-refractivity contribution in [3.05, 3.63) is 27.7 Å². The molecule has 0 radical (unpaired) electrons. The Balaban J connectivity index is 2.04. The largest absolute Gasteiger partial charge is 0.366 e. The number of carbonyl (C=O) groups is 1. The van der Waals surface area contributed by atoms with E-state index in [9.17, 15) is 4.79 Å². The molecule has 7 heteroatoms. The molecule has 0 aliphatic carbocycles. The number of carbonyl (C=O) groups excluding carboxylic acids is 1. The average Bonchev–Trinajstić information content (AvgIpc) is 2.87. The third-order valence-electron chi connectivity index (χ3n) is 2.25. The smallest absolute Gasteiger partial charge is 0.289 e. The number of nitrogens with zero attached hydrogens (tertiary/aromatic N) is 2. The second kappa shape index (κ2) is 4.54. The summed E-state index contributed by atoms with van der Waals surface area (Å²) in [6.45, 7) is 3.95. The van der Waals surface area contributed by atoms with Gasteiger partial charge in [0.1, 0.15) is 0 Å². The molecular formula is C10H13N5OS. The number of nitrogens with one attached hydrogen (secondary N) is 2. The number of hydrogen-bond acceptors (Lipinski definition) is 5. The van der Waals surface area contributed by atoms with Crippen molar-refractivity contribution >= 4 is 23.2 Å². The molecule has 0 saturated carbocycles. The monoisotopic (exact) mass is 251 g/mol. The standard InChI is InChI=1S/C10H13N5OS/c1-5-3-4-7(17-5)6(2)12-9(16)8-13-10(11)15-14-8/h3-4,6H,1-2H3,(H,12,16)(H3,11,13,14,15). The van der Waals surface area contributed by atoms with Gasteiger partial charge >= 0.3 is 0 Å². The van der Waals surface area contributed by atoms with Gasteiger partial charge in [-0.3, -0.25) is 9.89 Å². The van der Waals surface area contributed by atoms with Crippen molar-refractivity contribution in [1.82, 2.24) is 20.5 Å². The molecule has 2 rings (SSSR count). The predicted octanol–water partition coefficient (Wildman–Crippen LogP) is 1.25. The SMILES string of the molecule is Cc1ccc(C(C)NC(=O)c2nc(N)n[nH]2)s1. The number of aromatic amines is 1. The van der Waals surface area contributed by atoms with Crippen LogP contribution < -0.4 is 11.1 Å². The van der Waals surface area contributed by atoms with Crippen LogP contribution in [0.5, 0.6) is 0 Å². The lowest BCUT2D eigenvalue weighted by molar-refractivity contribution is 0.0930. The fraction of sp³-hybridized carbons (Fsp3) is 0.300. The Hall–Kier alpha value is -1.89. The van der Waals surface area contributed by atoms with Gasteiger partial charge in [-0.1, -0.05) is 0 Å². The molecule has 4 N–H and O–H groups in total. The minimum Gasteiger partial charge on any atom is -0.366 e. The van der Waals surface area contributed by atoms with E-state index in [0.29, 0.717) is 0 Å². The van der Waals surface area contributed by atoms with E-state index in [1.165, 1.54) is 4.88 Å². The number of aryl methyl sites for hydroxylation is 1. The third-order valence-corrected chi connectivity index (χ3v) is 3.44. The van der Waals surface area contributed by atoms with Gasteiger partial charge in [-0.05, 0) is 26.0 Å². The van der Waals surface area contributed by atoms with Crippen LogP contribution in [0.4, 0.5) is 5.95 Å². The molecule has 0 saturated heterocycles. The molecule has 17 heavy (non-hydrogen) atoms. The van der Waals surface area contributed by atoms with Gasteiger partial charge in [0.25, 0.3) is 5.91 Å². The number of aromatic nitrogens is 3. The maximum Gasteiger partial charge on any atom is 0.289 e. The van der Waals surface area contributed by atoms with Crippen molar-refractivity contribution in [2.45, 2.75) is 19.9 Å². The first kappa shape index (κ1) is 11.6. The lowest BCUT2D eigenvalue weighted by atomic mass is 10.2. The average molecular weight is 251 g/mol. The Kier molecular flexibility index (Phi) is 3.10. The minimum absolute atomic E-state index is 0.0625. The highest BCUT2D eigenvalue weighted by Crippen LogP contribution is 2.22. The fourth-order valence-corrected chi connectivity index (χ4v) is 2.28. The van der Waals surface area contributed by atoms with Crippen LogP contribution in [0.2, 0.25) is 0 Å². The second-order valence-corrected chi connectivity index (χ2v) is 5.01. The highest BCUT2D eigenvalue weighted by atomic mass is 32.1. The minimum atomic E-state index is -0.312. The number of rotatable bonds is 3. The molecule has 2 aromatic rings. The van der Waals surface area contributed by atoms with Gasteiger partial charge in [0.15, 0.2) is 0 Å². The number of nitrogen functional groups attached to an aromatic ring is 1. The summed E-state index contributed by atoms with van der Waals surface area (Å²) in [5, 5.41) is 8.90. The van der Waals surface area contributed by atoms with E-state index < -0.39 is 0 Å². The first-order valence-electron chi connectivity index (χ1n) is 5.11. The Labute approximate surface area is 102 Å². The summed E-state index contributed by atoms with van der Waals surface area (Å²) in [4.78, 5) is 17.8. The summed E-state index contributed by atoms with van der Waals surface area (Å²) >= 11 is 1.65. The molecule has 0 aliphatic heterocycles. The lowest BCUT2D eigenvalue weighted by Crippen LogP contribution is -2.27. The Morgan fingerprint density at radius 1 is 1.59 bits per heavy atom. The van der Waals surface area contributed by atoms with Gasteiger partial charge in [0.2, 0.25) is 11.8 Å². The van der Waals surface area contributed by atoms with Gasteiger partial charge in [0, 0.05) is 9.75 Å². The molecule has 1 amide bonds. The predicted molar refractivity (Wildman–Crippen MR) is 65.7 cm³/mol. The summed E-state index contributed by atoms with van der Waals surface area (Å²) in [7, 11) is 0. The summed E-state index contributed by atoms with van der Waals surface area (Å²) in [5.74, 6) is -0.120. The molecular weight excluding hydrogens is 238 g/mol. The van der Waals surface area contributed by atoms with Gasteiger partial charge in [-0.15, -0.1) is 16.4 Å². The van der Waals surface area contributed by atoms with Crippen molar-refractivity contribution in [1.29, 1.82) is 0 Å². The molecule has 90 valence electrons. The first-order valence-corrected chi connectivity index (χ1v) is 5.93. The molecule has 0 aliphatic rings. The van der Waals surface area contributed by atoms with E-state index in [1.807, 2.05) is 26.0 Å². The normalized spacial score (nSPS) is 12.4. The quantitative estimate of drug-likeness (QED) is 0.764. The van der Waals surface area contributed by atoms with E-state index in [0.717, 1.165) is 4.88 Å². The molecule has 1 unspecified atom stereocenters. The molecule has 6 nitrogen and oxygen atoms in total. The summed E-state index contributed by atoms with van der Waals surface area (Å²) in [6.07, 6.45) is 0. The highest BCUT2D eigenvalue weighted by molar-refractivity contribution is 7.12. The van der Waals surface area contributed by atoms with Crippen molar-refractivity contribution < 1.29 is 4.79 Å². The van der Waals surface area contributed by atoms with Crippen LogP contribution in [0.3, 0.4) is 0 Å². The van der Waals surface area contributed by atoms with Gasteiger partial charge in [-0.25, -0.2) is 0 Å². The van der Waals surface area contributed by atoms with Crippen molar-refractivity contribution in [2.24, 2.45) is 0 Å². The second-order valence-electron chi connectivity index (χ2n) is 3.69.